The van der Waals surface area contributed by atoms with E-state index in [-0.39, 0.29) is 23.0 Å². The summed E-state index contributed by atoms with van der Waals surface area (Å²) in [5.41, 5.74) is 6.20. The zero-order valence-corrected chi connectivity index (χ0v) is 12.1. The quantitative estimate of drug-likeness (QED) is 0.588. The third-order valence-electron chi connectivity index (χ3n) is 3.50. The van der Waals surface area contributed by atoms with Gasteiger partial charge in [0.15, 0.2) is 5.82 Å². The lowest BCUT2D eigenvalue weighted by molar-refractivity contribution is 0.239. The summed E-state index contributed by atoms with van der Waals surface area (Å²) < 4.78 is 14.6. The number of anilines is 1. The van der Waals surface area contributed by atoms with E-state index in [0.717, 1.165) is 25.8 Å². The van der Waals surface area contributed by atoms with Gasteiger partial charge in [0.1, 0.15) is 5.84 Å². The van der Waals surface area contributed by atoms with Gasteiger partial charge in [0.05, 0.1) is 22.8 Å². The van der Waals surface area contributed by atoms with Gasteiger partial charge in [-0.2, -0.15) is 0 Å². The van der Waals surface area contributed by atoms with Crippen LogP contribution in [-0.2, 0) is 0 Å². The number of amidine groups is 1. The first-order valence-corrected chi connectivity index (χ1v) is 7.05. The summed E-state index contributed by atoms with van der Waals surface area (Å²) in [5, 5.41) is 16.8. The van der Waals surface area contributed by atoms with Gasteiger partial charge < -0.3 is 15.7 Å². The Kier molecular flexibility index (Phi) is 4.42. The molecule has 4 nitrogen and oxygen atoms in total. The molecule has 1 aromatic carbocycles. The number of nitrogens with zero attached hydrogens (tertiary/aromatic N) is 1. The van der Waals surface area contributed by atoms with Crippen LogP contribution >= 0.6 is 15.9 Å². The minimum absolute atomic E-state index is 0.0194. The number of nitrogen functional groups attached to an aromatic ring is 1. The van der Waals surface area contributed by atoms with E-state index >= 15 is 0 Å². The number of hydrogen-bond acceptors (Lipinski definition) is 3. The van der Waals surface area contributed by atoms with Crippen molar-refractivity contribution in [2.24, 2.45) is 5.73 Å². The topological polar surface area (TPSA) is 73.3 Å². The van der Waals surface area contributed by atoms with E-state index in [1.165, 1.54) is 0 Å². The van der Waals surface area contributed by atoms with E-state index in [1.54, 1.807) is 12.1 Å². The van der Waals surface area contributed by atoms with E-state index in [0.29, 0.717) is 11.3 Å². The minimum Gasteiger partial charge on any atom is -0.394 e. The number of rotatable bonds is 3. The Balaban J connectivity index is 2.39. The molecule has 0 spiro atoms. The van der Waals surface area contributed by atoms with Crippen molar-refractivity contribution < 1.29 is 9.50 Å². The molecule has 1 fully saturated rings. The Labute approximate surface area is 120 Å². The van der Waals surface area contributed by atoms with Crippen molar-refractivity contribution in [1.29, 1.82) is 5.41 Å². The molecule has 1 unspecified atom stereocenters. The molecule has 0 aromatic heterocycles. The van der Waals surface area contributed by atoms with Crippen LogP contribution < -0.4 is 10.6 Å². The Bertz CT molecular complexity index is 495. The second kappa shape index (κ2) is 5.88. The third kappa shape index (κ3) is 2.74. The molecule has 1 aromatic rings. The van der Waals surface area contributed by atoms with Crippen LogP contribution in [0, 0.1) is 11.2 Å². The predicted molar refractivity (Wildman–Crippen MR) is 77.2 cm³/mol. The molecular formula is C13H17BrFN3O. The van der Waals surface area contributed by atoms with Crippen molar-refractivity contribution in [3.63, 3.8) is 0 Å². The fourth-order valence-electron chi connectivity index (χ4n) is 2.48. The Morgan fingerprint density at radius 1 is 1.53 bits per heavy atom. The van der Waals surface area contributed by atoms with Crippen LogP contribution in [0.15, 0.2) is 16.6 Å². The van der Waals surface area contributed by atoms with Crippen LogP contribution in [0.4, 0.5) is 10.1 Å². The summed E-state index contributed by atoms with van der Waals surface area (Å²) in [6, 6.07) is 3.22. The van der Waals surface area contributed by atoms with E-state index in [4.69, 9.17) is 11.1 Å². The van der Waals surface area contributed by atoms with E-state index < -0.39 is 5.82 Å². The highest BCUT2D eigenvalue weighted by molar-refractivity contribution is 9.10. The Hall–Kier alpha value is -1.14. The maximum absolute atomic E-state index is 14.4. The van der Waals surface area contributed by atoms with Gasteiger partial charge >= 0.3 is 0 Å². The maximum Gasteiger partial charge on any atom is 0.161 e. The van der Waals surface area contributed by atoms with Crippen molar-refractivity contribution >= 4 is 27.5 Å². The number of nitrogens with one attached hydrogen (secondary N) is 1. The molecule has 1 atom stereocenters. The van der Waals surface area contributed by atoms with Crippen molar-refractivity contribution in [2.45, 2.75) is 25.3 Å². The van der Waals surface area contributed by atoms with Crippen molar-refractivity contribution in [3.05, 3.63) is 28.0 Å². The molecule has 1 heterocycles. The van der Waals surface area contributed by atoms with Gasteiger partial charge in [-0.15, -0.1) is 0 Å². The fourth-order valence-corrected chi connectivity index (χ4v) is 3.03. The molecule has 0 radical (unpaired) electrons. The third-order valence-corrected chi connectivity index (χ3v) is 4.27. The molecule has 1 aliphatic heterocycles. The molecule has 0 aliphatic carbocycles. The molecule has 104 valence electrons. The van der Waals surface area contributed by atoms with Crippen LogP contribution in [-0.4, -0.2) is 30.1 Å². The van der Waals surface area contributed by atoms with Gasteiger partial charge in [0.25, 0.3) is 0 Å². The molecule has 2 rings (SSSR count). The molecule has 19 heavy (non-hydrogen) atoms. The van der Waals surface area contributed by atoms with Crippen molar-refractivity contribution in [2.75, 3.05) is 18.1 Å². The highest BCUT2D eigenvalue weighted by Crippen LogP contribution is 2.32. The van der Waals surface area contributed by atoms with Crippen molar-refractivity contribution in [3.8, 4) is 0 Å². The molecular weight excluding hydrogens is 313 g/mol. The van der Waals surface area contributed by atoms with E-state index in [1.807, 2.05) is 4.90 Å². The van der Waals surface area contributed by atoms with Crippen LogP contribution in [0.2, 0.25) is 0 Å². The first kappa shape index (κ1) is 14.3. The molecule has 0 amide bonds. The largest absolute Gasteiger partial charge is 0.394 e. The lowest BCUT2D eigenvalue weighted by Gasteiger charge is -2.37. The monoisotopic (exact) mass is 329 g/mol. The number of aliphatic hydroxyl groups excluding tert-OH is 1. The molecule has 1 saturated heterocycles. The maximum atomic E-state index is 14.4. The number of piperidine rings is 1. The lowest BCUT2D eigenvalue weighted by Crippen LogP contribution is -2.42. The average Bonchev–Trinajstić information content (AvgIpc) is 2.41. The Morgan fingerprint density at radius 3 is 2.89 bits per heavy atom. The normalized spacial score (nSPS) is 19.5. The number of aliphatic hydroxyl groups is 1. The molecule has 1 aliphatic rings. The van der Waals surface area contributed by atoms with E-state index in [2.05, 4.69) is 15.9 Å². The first-order chi connectivity index (χ1) is 9.06. The summed E-state index contributed by atoms with van der Waals surface area (Å²) in [6.07, 6.45) is 2.90. The zero-order valence-electron chi connectivity index (χ0n) is 10.5. The summed E-state index contributed by atoms with van der Waals surface area (Å²) in [7, 11) is 0. The van der Waals surface area contributed by atoms with Gasteiger partial charge in [0, 0.05) is 12.1 Å². The molecule has 0 saturated carbocycles. The van der Waals surface area contributed by atoms with Gasteiger partial charge in [-0.05, 0) is 47.3 Å². The summed E-state index contributed by atoms with van der Waals surface area (Å²) >= 11 is 3.16. The number of halogens is 2. The van der Waals surface area contributed by atoms with Gasteiger partial charge in [-0.3, -0.25) is 5.41 Å². The van der Waals surface area contributed by atoms with Gasteiger partial charge in [-0.1, -0.05) is 0 Å². The average molecular weight is 330 g/mol. The predicted octanol–water partition coefficient (Wildman–Crippen LogP) is 2.22. The SMILES string of the molecule is N=C(N)c1ccc(N2CCCCC2CO)c(F)c1Br. The van der Waals surface area contributed by atoms with Crippen LogP contribution in [0.25, 0.3) is 0 Å². The second-order valence-electron chi connectivity index (χ2n) is 4.70. The van der Waals surface area contributed by atoms with Crippen LogP contribution in [0.5, 0.6) is 0 Å². The molecule has 4 N–H and O–H groups in total. The van der Waals surface area contributed by atoms with Crippen molar-refractivity contribution in [1.82, 2.24) is 0 Å². The summed E-state index contributed by atoms with van der Waals surface area (Å²) in [4.78, 5) is 1.90. The number of nitrogens with two attached hydrogens (primary N) is 1. The Morgan fingerprint density at radius 2 is 2.26 bits per heavy atom. The minimum atomic E-state index is -0.423. The van der Waals surface area contributed by atoms with Crippen LogP contribution in [0.1, 0.15) is 24.8 Å². The standard InChI is InChI=1S/C13H17BrFN3O/c14-11-9(13(16)17)4-5-10(12(11)15)18-6-2-1-3-8(18)7-19/h4-5,8,19H,1-3,6-7H2,(H3,16,17). The number of benzene rings is 1. The molecule has 0 bridgehead atoms. The number of hydrogen-bond donors (Lipinski definition) is 3. The van der Waals surface area contributed by atoms with Gasteiger partial charge in [-0.25, -0.2) is 4.39 Å². The first-order valence-electron chi connectivity index (χ1n) is 6.26. The van der Waals surface area contributed by atoms with Crippen LogP contribution in [0.3, 0.4) is 0 Å². The summed E-state index contributed by atoms with van der Waals surface area (Å²) in [5.74, 6) is -0.595. The van der Waals surface area contributed by atoms with Gasteiger partial charge in [0.2, 0.25) is 0 Å². The summed E-state index contributed by atoms with van der Waals surface area (Å²) in [6.45, 7) is 0.750. The zero-order chi connectivity index (χ0) is 14.0. The van der Waals surface area contributed by atoms with E-state index in [9.17, 15) is 9.50 Å². The fraction of sp³-hybridized carbons (Fsp3) is 0.462. The second-order valence-corrected chi connectivity index (χ2v) is 5.49. The highest BCUT2D eigenvalue weighted by atomic mass is 79.9. The lowest BCUT2D eigenvalue weighted by atomic mass is 10.0. The smallest absolute Gasteiger partial charge is 0.161 e. The highest BCUT2D eigenvalue weighted by Gasteiger charge is 2.25. The molecule has 6 heteroatoms.